The monoisotopic (exact) mass is 221 g/mol. The van der Waals surface area contributed by atoms with Gasteiger partial charge in [-0.3, -0.25) is 0 Å². The Balaban J connectivity index is 3.98. The van der Waals surface area contributed by atoms with Crippen LogP contribution in [0.15, 0.2) is 0 Å². The number of rotatable bonds is 6. The van der Waals surface area contributed by atoms with Crippen LogP contribution in [0.25, 0.3) is 0 Å². The molecule has 0 amide bonds. The van der Waals surface area contributed by atoms with Crippen molar-refractivity contribution in [1.29, 1.82) is 0 Å². The third kappa shape index (κ3) is 5.84. The third-order valence-corrected chi connectivity index (χ3v) is 2.72. The summed E-state index contributed by atoms with van der Waals surface area (Å²) in [6, 6.07) is 0.456. The van der Waals surface area contributed by atoms with E-state index in [2.05, 4.69) is 33.0 Å². The molecule has 0 aromatic carbocycles. The highest BCUT2D eigenvalue weighted by atomic mass is 35.5. The van der Waals surface area contributed by atoms with E-state index < -0.39 is 0 Å². The van der Waals surface area contributed by atoms with E-state index in [4.69, 9.17) is 16.3 Å². The van der Waals surface area contributed by atoms with Crippen LogP contribution < -0.4 is 5.32 Å². The molecule has 0 radical (unpaired) electrons. The predicted octanol–water partition coefficient (Wildman–Crippen LogP) is 2.65. The summed E-state index contributed by atoms with van der Waals surface area (Å²) in [5.41, 5.74) is 0.252. The van der Waals surface area contributed by atoms with Crippen LogP contribution in [0, 0.1) is 5.41 Å². The van der Waals surface area contributed by atoms with Crippen molar-refractivity contribution < 1.29 is 4.74 Å². The molecule has 0 aliphatic carbocycles. The fourth-order valence-corrected chi connectivity index (χ4v) is 1.56. The Morgan fingerprint density at radius 2 is 1.93 bits per heavy atom. The van der Waals surface area contributed by atoms with Crippen LogP contribution in [0.4, 0.5) is 0 Å². The van der Waals surface area contributed by atoms with Crippen LogP contribution in [0.3, 0.4) is 0 Å². The van der Waals surface area contributed by atoms with Gasteiger partial charge in [-0.05, 0) is 18.8 Å². The average Bonchev–Trinajstić information content (AvgIpc) is 2.09. The van der Waals surface area contributed by atoms with Gasteiger partial charge in [0.15, 0.2) is 0 Å². The van der Waals surface area contributed by atoms with E-state index in [1.807, 2.05) is 0 Å². The first kappa shape index (κ1) is 14.2. The number of ether oxygens (including phenoxy) is 1. The van der Waals surface area contributed by atoms with Gasteiger partial charge in [0.05, 0.1) is 6.10 Å². The molecular weight excluding hydrogens is 198 g/mol. The maximum absolute atomic E-state index is 5.78. The van der Waals surface area contributed by atoms with Crippen molar-refractivity contribution in [2.45, 2.75) is 46.3 Å². The zero-order valence-electron chi connectivity index (χ0n) is 10.1. The molecule has 2 unspecified atom stereocenters. The van der Waals surface area contributed by atoms with Gasteiger partial charge < -0.3 is 10.1 Å². The molecule has 2 atom stereocenters. The molecule has 0 fully saturated rings. The van der Waals surface area contributed by atoms with Gasteiger partial charge in [0.1, 0.15) is 0 Å². The van der Waals surface area contributed by atoms with E-state index >= 15 is 0 Å². The van der Waals surface area contributed by atoms with Crippen molar-refractivity contribution in [2.75, 3.05) is 19.5 Å². The Bertz CT molecular complexity index is 145. The van der Waals surface area contributed by atoms with Gasteiger partial charge in [0.25, 0.3) is 0 Å². The fraction of sp³-hybridized carbons (Fsp3) is 1.00. The summed E-state index contributed by atoms with van der Waals surface area (Å²) in [6.07, 6.45) is 1.26. The highest BCUT2D eigenvalue weighted by Gasteiger charge is 2.23. The average molecular weight is 222 g/mol. The first-order valence-electron chi connectivity index (χ1n) is 5.24. The van der Waals surface area contributed by atoms with Crippen LogP contribution >= 0.6 is 11.6 Å². The molecule has 0 aliphatic rings. The molecule has 0 saturated carbocycles. The lowest BCUT2D eigenvalue weighted by Crippen LogP contribution is -2.43. The summed E-state index contributed by atoms with van der Waals surface area (Å²) in [5.74, 6) is 0.705. The number of alkyl halides is 1. The Kier molecular flexibility index (Phi) is 6.75. The molecule has 0 rings (SSSR count). The quantitative estimate of drug-likeness (QED) is 0.697. The van der Waals surface area contributed by atoms with Gasteiger partial charge in [-0.15, -0.1) is 11.6 Å². The van der Waals surface area contributed by atoms with Gasteiger partial charge in [-0.2, -0.15) is 0 Å². The first-order chi connectivity index (χ1) is 6.41. The number of hydrogen-bond donors (Lipinski definition) is 1. The maximum Gasteiger partial charge on any atom is 0.0667 e. The second kappa shape index (κ2) is 6.65. The van der Waals surface area contributed by atoms with E-state index in [9.17, 15) is 0 Å². The molecule has 0 heterocycles. The van der Waals surface area contributed by atoms with Crippen LogP contribution in [-0.4, -0.2) is 31.7 Å². The van der Waals surface area contributed by atoms with Crippen molar-refractivity contribution in [2.24, 2.45) is 5.41 Å². The van der Waals surface area contributed by atoms with E-state index in [1.54, 1.807) is 7.11 Å². The lowest BCUT2D eigenvalue weighted by atomic mass is 9.85. The molecule has 0 saturated heterocycles. The zero-order valence-corrected chi connectivity index (χ0v) is 10.8. The second-order valence-corrected chi connectivity index (χ2v) is 5.23. The normalized spacial score (nSPS) is 16.7. The number of nitrogens with one attached hydrogen (secondary N) is 1. The van der Waals surface area contributed by atoms with E-state index in [0.29, 0.717) is 11.9 Å². The molecule has 0 aromatic heterocycles. The van der Waals surface area contributed by atoms with Gasteiger partial charge in [0, 0.05) is 25.6 Å². The van der Waals surface area contributed by atoms with Crippen molar-refractivity contribution in [3.8, 4) is 0 Å². The lowest BCUT2D eigenvalue weighted by Gasteiger charge is -2.32. The second-order valence-electron chi connectivity index (χ2n) is 4.85. The number of hydrogen-bond acceptors (Lipinski definition) is 2. The highest BCUT2D eigenvalue weighted by molar-refractivity contribution is 6.17. The van der Waals surface area contributed by atoms with Crippen molar-refractivity contribution in [3.63, 3.8) is 0 Å². The Labute approximate surface area is 93.4 Å². The van der Waals surface area contributed by atoms with E-state index in [0.717, 1.165) is 13.0 Å². The first-order valence-corrected chi connectivity index (χ1v) is 5.77. The molecule has 2 nitrogen and oxygen atoms in total. The molecule has 14 heavy (non-hydrogen) atoms. The Morgan fingerprint density at radius 3 is 2.29 bits per heavy atom. The molecule has 0 spiro atoms. The Morgan fingerprint density at radius 1 is 1.36 bits per heavy atom. The lowest BCUT2D eigenvalue weighted by molar-refractivity contribution is 0.107. The summed E-state index contributed by atoms with van der Waals surface area (Å²) in [4.78, 5) is 0. The van der Waals surface area contributed by atoms with Gasteiger partial charge in [-0.1, -0.05) is 20.8 Å². The van der Waals surface area contributed by atoms with Gasteiger partial charge in [0.2, 0.25) is 0 Å². The van der Waals surface area contributed by atoms with Crippen molar-refractivity contribution in [3.05, 3.63) is 0 Å². The standard InChI is InChI=1S/C11H24ClNO/c1-9(14-5)8-13-10(6-7-12)11(2,3)4/h9-10,13H,6-8H2,1-5H3. The molecule has 86 valence electrons. The number of methoxy groups -OCH3 is 1. The molecule has 0 aromatic rings. The number of halogens is 1. The van der Waals surface area contributed by atoms with Crippen LogP contribution in [0.2, 0.25) is 0 Å². The minimum absolute atomic E-state index is 0.252. The van der Waals surface area contributed by atoms with E-state index in [1.165, 1.54) is 0 Å². The highest BCUT2D eigenvalue weighted by Crippen LogP contribution is 2.22. The third-order valence-electron chi connectivity index (χ3n) is 2.50. The summed E-state index contributed by atoms with van der Waals surface area (Å²) in [7, 11) is 1.74. The van der Waals surface area contributed by atoms with Gasteiger partial charge >= 0.3 is 0 Å². The molecule has 1 N–H and O–H groups in total. The minimum atomic E-state index is 0.252. The topological polar surface area (TPSA) is 21.3 Å². The van der Waals surface area contributed by atoms with Gasteiger partial charge in [-0.25, -0.2) is 0 Å². The maximum atomic E-state index is 5.78. The zero-order chi connectivity index (χ0) is 11.2. The van der Waals surface area contributed by atoms with Crippen molar-refractivity contribution in [1.82, 2.24) is 5.32 Å². The van der Waals surface area contributed by atoms with Crippen LogP contribution in [-0.2, 0) is 4.74 Å². The van der Waals surface area contributed by atoms with Crippen molar-refractivity contribution >= 4 is 11.6 Å². The smallest absolute Gasteiger partial charge is 0.0667 e. The predicted molar refractivity (Wildman–Crippen MR) is 63.1 cm³/mol. The molecular formula is C11H24ClNO. The molecule has 0 aliphatic heterocycles. The van der Waals surface area contributed by atoms with Crippen LogP contribution in [0.1, 0.15) is 34.1 Å². The Hall–Kier alpha value is 0.210. The molecule has 0 bridgehead atoms. The van der Waals surface area contributed by atoms with E-state index in [-0.39, 0.29) is 11.5 Å². The largest absolute Gasteiger partial charge is 0.380 e. The minimum Gasteiger partial charge on any atom is -0.380 e. The fourth-order valence-electron chi connectivity index (χ4n) is 1.34. The summed E-state index contributed by atoms with van der Waals surface area (Å²) in [5, 5.41) is 3.50. The summed E-state index contributed by atoms with van der Waals surface area (Å²) >= 11 is 5.78. The molecule has 3 heteroatoms. The SMILES string of the molecule is COC(C)CNC(CCCl)C(C)(C)C. The summed E-state index contributed by atoms with van der Waals surface area (Å²) < 4.78 is 5.20. The van der Waals surface area contributed by atoms with Crippen LogP contribution in [0.5, 0.6) is 0 Å². The summed E-state index contributed by atoms with van der Waals surface area (Å²) in [6.45, 7) is 9.64.